The van der Waals surface area contributed by atoms with E-state index in [0.717, 1.165) is 0 Å². The molecule has 1 N–H and O–H groups in total. The molecule has 3 rings (SSSR count). The van der Waals surface area contributed by atoms with E-state index in [9.17, 15) is 13.2 Å². The zero-order chi connectivity index (χ0) is 17.9. The fraction of sp³-hybridized carbons (Fsp3) is 0.562. The van der Waals surface area contributed by atoms with Crippen LogP contribution >= 0.6 is 0 Å². The van der Waals surface area contributed by atoms with Gasteiger partial charge in [-0.2, -0.15) is 4.31 Å². The van der Waals surface area contributed by atoms with Crippen molar-refractivity contribution in [1.82, 2.24) is 9.21 Å². The van der Waals surface area contributed by atoms with Crippen LogP contribution < -0.4 is 5.32 Å². The summed E-state index contributed by atoms with van der Waals surface area (Å²) < 4.78 is 37.7. The second kappa shape index (κ2) is 7.69. The Bertz CT molecular complexity index is 718. The zero-order valence-electron chi connectivity index (χ0n) is 14.2. The van der Waals surface area contributed by atoms with E-state index in [0.29, 0.717) is 51.7 Å². The maximum Gasteiger partial charge on any atom is 0.322 e. The minimum atomic E-state index is -3.63. The normalized spacial score (nSPS) is 22.6. The van der Waals surface area contributed by atoms with E-state index in [1.165, 1.54) is 10.4 Å². The monoisotopic (exact) mass is 369 g/mol. The topological polar surface area (TPSA) is 88.2 Å². The molecule has 1 unspecified atom stereocenters. The number of hydrogen-bond donors (Lipinski definition) is 1. The average molecular weight is 369 g/mol. The van der Waals surface area contributed by atoms with Crippen molar-refractivity contribution in [2.24, 2.45) is 0 Å². The lowest BCUT2D eigenvalue weighted by Crippen LogP contribution is -2.47. The van der Waals surface area contributed by atoms with Crippen LogP contribution in [0.4, 0.5) is 10.5 Å². The Morgan fingerprint density at radius 3 is 2.60 bits per heavy atom. The van der Waals surface area contributed by atoms with Crippen molar-refractivity contribution in [2.75, 3.05) is 51.4 Å². The lowest BCUT2D eigenvalue weighted by Gasteiger charge is -2.32. The summed E-state index contributed by atoms with van der Waals surface area (Å²) in [5.41, 5.74) is 0.457. The van der Waals surface area contributed by atoms with Gasteiger partial charge in [0.25, 0.3) is 0 Å². The molecule has 0 radical (unpaired) electrons. The van der Waals surface area contributed by atoms with Gasteiger partial charge in [-0.1, -0.05) is 6.07 Å². The molecule has 0 aromatic heterocycles. The highest BCUT2D eigenvalue weighted by Crippen LogP contribution is 2.23. The number of carbonyl (C=O) groups excluding carboxylic acids is 1. The summed E-state index contributed by atoms with van der Waals surface area (Å²) in [5, 5.41) is 2.76. The number of amides is 2. The van der Waals surface area contributed by atoms with E-state index in [-0.39, 0.29) is 17.0 Å². The molecule has 2 amide bonds. The highest BCUT2D eigenvalue weighted by molar-refractivity contribution is 7.89. The van der Waals surface area contributed by atoms with Gasteiger partial charge in [-0.15, -0.1) is 0 Å². The van der Waals surface area contributed by atoms with Crippen molar-refractivity contribution in [3.8, 4) is 0 Å². The fourth-order valence-corrected chi connectivity index (χ4v) is 4.55. The van der Waals surface area contributed by atoms with E-state index in [4.69, 9.17) is 9.47 Å². The number of benzene rings is 1. The van der Waals surface area contributed by atoms with Crippen LogP contribution in [0, 0.1) is 0 Å². The van der Waals surface area contributed by atoms with Crippen molar-refractivity contribution in [1.29, 1.82) is 0 Å². The van der Waals surface area contributed by atoms with E-state index in [1.807, 2.05) is 6.92 Å². The Balaban J connectivity index is 1.75. The minimum absolute atomic E-state index is 0.168. The predicted molar refractivity (Wildman–Crippen MR) is 92.0 cm³/mol. The van der Waals surface area contributed by atoms with Crippen LogP contribution in [0.2, 0.25) is 0 Å². The molecular weight excluding hydrogens is 346 g/mol. The van der Waals surface area contributed by atoms with Gasteiger partial charge in [0.05, 0.1) is 31.3 Å². The Morgan fingerprint density at radius 2 is 1.88 bits per heavy atom. The number of rotatable bonds is 3. The molecule has 138 valence electrons. The van der Waals surface area contributed by atoms with Crippen LogP contribution in [0.15, 0.2) is 29.2 Å². The van der Waals surface area contributed by atoms with Gasteiger partial charge in [0.1, 0.15) is 0 Å². The molecule has 25 heavy (non-hydrogen) atoms. The molecule has 2 aliphatic heterocycles. The Labute approximate surface area is 147 Å². The number of urea groups is 1. The van der Waals surface area contributed by atoms with Gasteiger partial charge in [-0.25, -0.2) is 13.2 Å². The molecule has 9 heteroatoms. The molecule has 1 atom stereocenters. The van der Waals surface area contributed by atoms with Gasteiger partial charge in [0, 0.05) is 31.4 Å². The van der Waals surface area contributed by atoms with Gasteiger partial charge < -0.3 is 19.7 Å². The lowest BCUT2D eigenvalue weighted by molar-refractivity contribution is 0.0393. The summed E-state index contributed by atoms with van der Waals surface area (Å²) in [5.74, 6) is 0. The minimum Gasteiger partial charge on any atom is -0.378 e. The Morgan fingerprint density at radius 1 is 1.16 bits per heavy atom. The molecule has 2 saturated heterocycles. The molecule has 1 aromatic carbocycles. The third-order valence-corrected chi connectivity index (χ3v) is 6.31. The third-order valence-electron chi connectivity index (χ3n) is 4.30. The standard InChI is InChI=1S/C16H23N3O5S/c1-13-12-24-10-7-19(13)25(21,22)15-4-2-3-14(11-15)17-16(20)18-5-8-23-9-6-18/h2-4,11,13H,5-10,12H2,1H3,(H,17,20). The third kappa shape index (κ3) is 4.12. The molecule has 2 aliphatic rings. The molecule has 0 aliphatic carbocycles. The van der Waals surface area contributed by atoms with Gasteiger partial charge in [0.15, 0.2) is 0 Å². The molecule has 0 spiro atoms. The van der Waals surface area contributed by atoms with Crippen LogP contribution in [-0.4, -0.2) is 75.8 Å². The van der Waals surface area contributed by atoms with Crippen LogP contribution in [-0.2, 0) is 19.5 Å². The van der Waals surface area contributed by atoms with Crippen molar-refractivity contribution < 1.29 is 22.7 Å². The fourth-order valence-electron chi connectivity index (χ4n) is 2.91. The molecule has 8 nitrogen and oxygen atoms in total. The van der Waals surface area contributed by atoms with Crippen LogP contribution in [0.3, 0.4) is 0 Å². The Hall–Kier alpha value is -1.68. The molecule has 1 aromatic rings. The maximum atomic E-state index is 12.9. The first-order valence-corrected chi connectivity index (χ1v) is 9.76. The quantitative estimate of drug-likeness (QED) is 0.857. The summed E-state index contributed by atoms with van der Waals surface area (Å²) in [4.78, 5) is 14.1. The van der Waals surface area contributed by atoms with E-state index in [1.54, 1.807) is 23.1 Å². The van der Waals surface area contributed by atoms with E-state index < -0.39 is 10.0 Å². The summed E-state index contributed by atoms with van der Waals surface area (Å²) >= 11 is 0. The van der Waals surface area contributed by atoms with Crippen molar-refractivity contribution in [3.05, 3.63) is 24.3 Å². The molecule has 2 heterocycles. The summed E-state index contributed by atoms with van der Waals surface area (Å²) in [6.45, 7) is 4.98. The highest BCUT2D eigenvalue weighted by atomic mass is 32.2. The number of anilines is 1. The number of sulfonamides is 1. The summed E-state index contributed by atoms with van der Waals surface area (Å²) in [6.07, 6.45) is 0. The van der Waals surface area contributed by atoms with Crippen LogP contribution in [0.25, 0.3) is 0 Å². The smallest absolute Gasteiger partial charge is 0.322 e. The second-order valence-electron chi connectivity index (χ2n) is 6.10. The number of ether oxygens (including phenoxy) is 2. The summed E-state index contributed by atoms with van der Waals surface area (Å²) in [7, 11) is -3.63. The SMILES string of the molecule is CC1COCCN1S(=O)(=O)c1cccc(NC(=O)N2CCOCC2)c1. The number of morpholine rings is 2. The van der Waals surface area contributed by atoms with E-state index >= 15 is 0 Å². The first-order chi connectivity index (χ1) is 12.0. The largest absolute Gasteiger partial charge is 0.378 e. The number of nitrogens with one attached hydrogen (secondary N) is 1. The van der Waals surface area contributed by atoms with Crippen LogP contribution in [0.1, 0.15) is 6.92 Å². The van der Waals surface area contributed by atoms with Gasteiger partial charge >= 0.3 is 6.03 Å². The molecule has 2 fully saturated rings. The van der Waals surface area contributed by atoms with Gasteiger partial charge in [-0.3, -0.25) is 0 Å². The maximum absolute atomic E-state index is 12.9. The van der Waals surface area contributed by atoms with Crippen LogP contribution in [0.5, 0.6) is 0 Å². The molecule has 0 saturated carbocycles. The number of carbonyl (C=O) groups is 1. The average Bonchev–Trinajstić information content (AvgIpc) is 2.63. The summed E-state index contributed by atoms with van der Waals surface area (Å²) in [6, 6.07) is 5.88. The van der Waals surface area contributed by atoms with Crippen molar-refractivity contribution >= 4 is 21.7 Å². The number of hydrogen-bond acceptors (Lipinski definition) is 5. The number of nitrogens with zero attached hydrogens (tertiary/aromatic N) is 2. The lowest BCUT2D eigenvalue weighted by atomic mass is 10.3. The Kier molecular flexibility index (Phi) is 5.57. The molecular formula is C16H23N3O5S. The predicted octanol–water partition coefficient (Wildman–Crippen LogP) is 0.960. The first kappa shape index (κ1) is 18.1. The second-order valence-corrected chi connectivity index (χ2v) is 7.99. The van der Waals surface area contributed by atoms with Crippen molar-refractivity contribution in [2.45, 2.75) is 17.9 Å². The van der Waals surface area contributed by atoms with Crippen molar-refractivity contribution in [3.63, 3.8) is 0 Å². The van der Waals surface area contributed by atoms with Gasteiger partial charge in [0.2, 0.25) is 10.0 Å². The highest BCUT2D eigenvalue weighted by Gasteiger charge is 2.31. The van der Waals surface area contributed by atoms with E-state index in [2.05, 4.69) is 5.32 Å². The van der Waals surface area contributed by atoms with Gasteiger partial charge in [-0.05, 0) is 25.1 Å². The molecule has 0 bridgehead atoms. The first-order valence-electron chi connectivity index (χ1n) is 8.32. The zero-order valence-corrected chi connectivity index (χ0v) is 15.0.